The Hall–Kier alpha value is -3.36. The van der Waals surface area contributed by atoms with Crippen molar-refractivity contribution in [3.05, 3.63) is 40.2 Å². The molecule has 1 amide bonds. The maximum absolute atomic E-state index is 13.3. The summed E-state index contributed by atoms with van der Waals surface area (Å²) in [5.74, 6) is -2.71. The lowest BCUT2D eigenvalue weighted by Crippen LogP contribution is -2.39. The van der Waals surface area contributed by atoms with Crippen LogP contribution in [0, 0.1) is 0 Å². The number of carboxylic acids is 1. The normalized spacial score (nSPS) is 15.1. The molecule has 0 radical (unpaired) electrons. The highest BCUT2D eigenvalue weighted by atomic mass is 16.4. The summed E-state index contributed by atoms with van der Waals surface area (Å²) in [5.41, 5.74) is 0.224. The second-order valence-electron chi connectivity index (χ2n) is 6.98. The van der Waals surface area contributed by atoms with Crippen LogP contribution in [0.25, 0.3) is 16.7 Å². The Morgan fingerprint density at radius 1 is 1.18 bits per heavy atom. The summed E-state index contributed by atoms with van der Waals surface area (Å²) >= 11 is 0. The van der Waals surface area contributed by atoms with E-state index in [1.807, 2.05) is 6.07 Å². The van der Waals surface area contributed by atoms with E-state index < -0.39 is 35.3 Å². The van der Waals surface area contributed by atoms with Crippen LogP contribution in [0.4, 0.5) is 0 Å². The largest absolute Gasteiger partial charge is 0.504 e. The molecule has 1 aromatic carbocycles. The van der Waals surface area contributed by atoms with Crippen molar-refractivity contribution in [3.8, 4) is 5.75 Å². The molecule has 2 heterocycles. The average Bonchev–Trinajstić information content (AvgIpc) is 3.07. The molecule has 4 rings (SSSR count). The molecule has 9 nitrogen and oxygen atoms in total. The molecule has 1 aliphatic carbocycles. The molecule has 0 aliphatic heterocycles. The molecule has 1 aliphatic rings. The third-order valence-corrected chi connectivity index (χ3v) is 5.17. The van der Waals surface area contributed by atoms with E-state index >= 15 is 0 Å². The fourth-order valence-corrected chi connectivity index (χ4v) is 3.91. The van der Waals surface area contributed by atoms with Gasteiger partial charge in [-0.05, 0) is 25.0 Å². The van der Waals surface area contributed by atoms with Crippen molar-refractivity contribution in [2.24, 2.45) is 0 Å². The summed E-state index contributed by atoms with van der Waals surface area (Å²) in [5, 5.41) is 21.6. The van der Waals surface area contributed by atoms with Gasteiger partial charge in [-0.25, -0.2) is 14.2 Å². The van der Waals surface area contributed by atoms with E-state index in [9.17, 15) is 19.5 Å². The third kappa shape index (κ3) is 2.88. The highest BCUT2D eigenvalue weighted by Crippen LogP contribution is 2.31. The summed E-state index contributed by atoms with van der Waals surface area (Å²) in [6.07, 6.45) is 4.58. The molecule has 146 valence electrons. The number of hydrogen-bond acceptors (Lipinski definition) is 5. The van der Waals surface area contributed by atoms with Crippen LogP contribution in [0.2, 0.25) is 0 Å². The standard InChI is InChI=1S/C19H20N4O5/c24-14(25)10-20-18(27)15-16(26)17-21-12-8-4-5-9-13(12)23(17)22(19(15)28)11-6-2-1-3-7-11/h4-5,8-9,11,26H,1-3,6-7,10H2,(H,20,27)(H,24,25). The number of carbonyl (C=O) groups excluding carboxylic acids is 1. The zero-order valence-electron chi connectivity index (χ0n) is 15.1. The molecule has 3 aromatic rings. The summed E-state index contributed by atoms with van der Waals surface area (Å²) in [6.45, 7) is -0.650. The predicted molar refractivity (Wildman–Crippen MR) is 101 cm³/mol. The van der Waals surface area contributed by atoms with E-state index in [4.69, 9.17) is 5.11 Å². The van der Waals surface area contributed by atoms with Crippen molar-refractivity contribution in [2.75, 3.05) is 6.54 Å². The molecule has 0 bridgehead atoms. The highest BCUT2D eigenvalue weighted by Gasteiger charge is 2.28. The maximum atomic E-state index is 13.3. The number of aromatic nitrogens is 3. The van der Waals surface area contributed by atoms with Crippen LogP contribution in [0.5, 0.6) is 5.75 Å². The number of rotatable bonds is 4. The smallest absolute Gasteiger partial charge is 0.322 e. The highest BCUT2D eigenvalue weighted by molar-refractivity contribution is 6.00. The van der Waals surface area contributed by atoms with Gasteiger partial charge in [-0.3, -0.25) is 14.4 Å². The number of fused-ring (bicyclic) bond motifs is 3. The fraction of sp³-hybridized carbons (Fsp3) is 0.368. The SMILES string of the molecule is O=C(O)CNC(=O)c1c(O)c2nc3ccccc3n2n(C2CCCCC2)c1=O. The lowest BCUT2D eigenvalue weighted by molar-refractivity contribution is -0.135. The van der Waals surface area contributed by atoms with Gasteiger partial charge in [0.15, 0.2) is 17.0 Å². The van der Waals surface area contributed by atoms with Crippen molar-refractivity contribution in [2.45, 2.75) is 38.1 Å². The minimum Gasteiger partial charge on any atom is -0.504 e. The second kappa shape index (κ2) is 6.99. The van der Waals surface area contributed by atoms with E-state index in [0.29, 0.717) is 11.0 Å². The number of amides is 1. The summed E-state index contributed by atoms with van der Waals surface area (Å²) in [4.78, 5) is 41.0. The number of nitrogens with one attached hydrogen (secondary N) is 1. The number of aromatic hydroxyl groups is 1. The molecule has 1 saturated carbocycles. The van der Waals surface area contributed by atoms with Crippen molar-refractivity contribution in [3.63, 3.8) is 0 Å². The van der Waals surface area contributed by atoms with Gasteiger partial charge in [0.2, 0.25) is 0 Å². The monoisotopic (exact) mass is 384 g/mol. The van der Waals surface area contributed by atoms with Crippen molar-refractivity contribution in [1.82, 2.24) is 19.5 Å². The first-order valence-corrected chi connectivity index (χ1v) is 9.24. The number of benzene rings is 1. The molecular formula is C19H20N4O5. The van der Waals surface area contributed by atoms with Crippen LogP contribution in [-0.2, 0) is 4.79 Å². The lowest BCUT2D eigenvalue weighted by Gasteiger charge is -2.26. The van der Waals surface area contributed by atoms with Gasteiger partial charge in [-0.15, -0.1) is 0 Å². The van der Waals surface area contributed by atoms with E-state index in [1.165, 1.54) is 4.68 Å². The van der Waals surface area contributed by atoms with Crippen LogP contribution in [0.15, 0.2) is 29.1 Å². The summed E-state index contributed by atoms with van der Waals surface area (Å²) < 4.78 is 3.08. The van der Waals surface area contributed by atoms with Crippen LogP contribution < -0.4 is 10.9 Å². The number of carboxylic acid groups (broad SMARTS) is 1. The Morgan fingerprint density at radius 3 is 2.61 bits per heavy atom. The second-order valence-corrected chi connectivity index (χ2v) is 6.98. The molecule has 0 saturated heterocycles. The minimum atomic E-state index is -1.24. The van der Waals surface area contributed by atoms with Gasteiger partial charge in [-0.1, -0.05) is 31.4 Å². The Kier molecular flexibility index (Phi) is 4.50. The van der Waals surface area contributed by atoms with Gasteiger partial charge >= 0.3 is 5.97 Å². The maximum Gasteiger partial charge on any atom is 0.322 e. The van der Waals surface area contributed by atoms with Gasteiger partial charge in [-0.2, -0.15) is 0 Å². The molecule has 0 unspecified atom stereocenters. The zero-order valence-corrected chi connectivity index (χ0v) is 15.1. The number of carbonyl (C=O) groups is 2. The van der Waals surface area contributed by atoms with E-state index in [0.717, 1.165) is 32.1 Å². The average molecular weight is 384 g/mol. The number of imidazole rings is 1. The molecule has 3 N–H and O–H groups in total. The Labute approximate surface area is 159 Å². The van der Waals surface area contributed by atoms with Gasteiger partial charge in [0.25, 0.3) is 11.5 Å². The third-order valence-electron chi connectivity index (χ3n) is 5.17. The predicted octanol–water partition coefficient (Wildman–Crippen LogP) is 1.67. The van der Waals surface area contributed by atoms with Crippen molar-refractivity contribution < 1.29 is 19.8 Å². The quantitative estimate of drug-likeness (QED) is 0.628. The Bertz CT molecular complexity index is 1140. The summed E-state index contributed by atoms with van der Waals surface area (Å²) in [6, 6.07) is 7.05. The topological polar surface area (TPSA) is 126 Å². The van der Waals surface area contributed by atoms with E-state index in [-0.39, 0.29) is 11.7 Å². The molecule has 1 fully saturated rings. The molecule has 9 heteroatoms. The van der Waals surface area contributed by atoms with Crippen LogP contribution in [0.3, 0.4) is 0 Å². The zero-order chi connectivity index (χ0) is 19.8. The van der Waals surface area contributed by atoms with Crippen molar-refractivity contribution >= 4 is 28.6 Å². The molecule has 2 aromatic heterocycles. The van der Waals surface area contributed by atoms with Gasteiger partial charge < -0.3 is 15.5 Å². The van der Waals surface area contributed by atoms with Gasteiger partial charge in [0.05, 0.1) is 17.1 Å². The number of para-hydroxylation sites is 2. The molecule has 28 heavy (non-hydrogen) atoms. The first-order chi connectivity index (χ1) is 13.5. The first-order valence-electron chi connectivity index (χ1n) is 9.24. The molecule has 0 spiro atoms. The van der Waals surface area contributed by atoms with Gasteiger partial charge in [0, 0.05) is 0 Å². The van der Waals surface area contributed by atoms with Crippen LogP contribution in [-0.4, -0.2) is 42.8 Å². The van der Waals surface area contributed by atoms with Crippen LogP contribution in [0.1, 0.15) is 48.5 Å². The Balaban J connectivity index is 2.01. The van der Waals surface area contributed by atoms with Gasteiger partial charge in [0.1, 0.15) is 6.54 Å². The molecular weight excluding hydrogens is 364 g/mol. The number of nitrogens with zero attached hydrogens (tertiary/aromatic N) is 3. The van der Waals surface area contributed by atoms with Crippen LogP contribution >= 0.6 is 0 Å². The number of aliphatic carboxylic acids is 1. The van der Waals surface area contributed by atoms with E-state index in [1.54, 1.807) is 22.7 Å². The lowest BCUT2D eigenvalue weighted by atomic mass is 9.95. The first kappa shape index (κ1) is 18.0. The van der Waals surface area contributed by atoms with Crippen molar-refractivity contribution in [1.29, 1.82) is 0 Å². The minimum absolute atomic E-state index is 0.104. The van der Waals surface area contributed by atoms with E-state index in [2.05, 4.69) is 10.3 Å². The molecule has 0 atom stereocenters. The number of hydrogen-bond donors (Lipinski definition) is 3. The summed E-state index contributed by atoms with van der Waals surface area (Å²) in [7, 11) is 0. The fourth-order valence-electron chi connectivity index (χ4n) is 3.91. The Morgan fingerprint density at radius 2 is 1.89 bits per heavy atom.